The van der Waals surface area contributed by atoms with Crippen molar-refractivity contribution in [2.75, 3.05) is 0 Å². The van der Waals surface area contributed by atoms with E-state index in [1.165, 1.54) is 12.4 Å². The van der Waals surface area contributed by atoms with Crippen LogP contribution in [0.1, 0.15) is 18.1 Å². The molecule has 0 bridgehead atoms. The van der Waals surface area contributed by atoms with Gasteiger partial charge in [0.2, 0.25) is 0 Å². The average molecular weight is 631 g/mol. The van der Waals surface area contributed by atoms with Gasteiger partial charge in [-0.05, 0) is 97.8 Å². The first-order chi connectivity index (χ1) is 23.9. The SMILES string of the molecule is C=C(C#N)/C=C(\C=N)c1ccc(-c2c3ccccc3c(-c3ccc(C(/C=C(\C)C#N)=C/N)cc3)c3cc4oc5ccccc5c4cc23)cc1. The molecule has 0 saturated carbocycles. The van der Waals surface area contributed by atoms with Crippen LogP contribution in [0.15, 0.2) is 150 Å². The summed E-state index contributed by atoms with van der Waals surface area (Å²) in [5.74, 6) is 0. The van der Waals surface area contributed by atoms with Crippen molar-refractivity contribution in [1.82, 2.24) is 0 Å². The number of benzene rings is 6. The minimum atomic E-state index is 0.295. The van der Waals surface area contributed by atoms with Crippen molar-refractivity contribution in [2.24, 2.45) is 5.73 Å². The van der Waals surface area contributed by atoms with Crippen molar-refractivity contribution in [3.63, 3.8) is 0 Å². The highest BCUT2D eigenvalue weighted by atomic mass is 16.3. The maximum atomic E-state index is 9.32. The summed E-state index contributed by atoms with van der Waals surface area (Å²) in [7, 11) is 0. The molecule has 7 aromatic rings. The summed E-state index contributed by atoms with van der Waals surface area (Å²) >= 11 is 0. The predicted octanol–water partition coefficient (Wildman–Crippen LogP) is 11.1. The van der Waals surface area contributed by atoms with Gasteiger partial charge in [-0.25, -0.2) is 0 Å². The van der Waals surface area contributed by atoms with Crippen molar-refractivity contribution in [1.29, 1.82) is 15.9 Å². The van der Waals surface area contributed by atoms with Gasteiger partial charge in [0, 0.05) is 39.9 Å². The summed E-state index contributed by atoms with van der Waals surface area (Å²) in [5, 5.41) is 32.9. The molecular formula is C44H30N4O. The lowest BCUT2D eigenvalue weighted by molar-refractivity contribution is 0.669. The van der Waals surface area contributed by atoms with Gasteiger partial charge in [0.1, 0.15) is 11.2 Å². The van der Waals surface area contributed by atoms with Gasteiger partial charge < -0.3 is 15.6 Å². The molecule has 0 atom stereocenters. The zero-order valence-corrected chi connectivity index (χ0v) is 26.8. The quantitative estimate of drug-likeness (QED) is 0.0790. The molecule has 0 aliphatic carbocycles. The largest absolute Gasteiger partial charge is 0.456 e. The fourth-order valence-electron chi connectivity index (χ4n) is 6.60. The summed E-state index contributed by atoms with van der Waals surface area (Å²) in [6, 6.07) is 41.6. The van der Waals surface area contributed by atoms with E-state index in [4.69, 9.17) is 15.6 Å². The molecule has 5 heteroatoms. The Morgan fingerprint density at radius 2 is 1.20 bits per heavy atom. The number of para-hydroxylation sites is 1. The van der Waals surface area contributed by atoms with Crippen LogP contribution < -0.4 is 5.73 Å². The highest BCUT2D eigenvalue weighted by Gasteiger charge is 2.20. The Bertz CT molecular complexity index is 2650. The van der Waals surface area contributed by atoms with Gasteiger partial charge >= 0.3 is 0 Å². The number of fused-ring (bicyclic) bond motifs is 5. The Morgan fingerprint density at radius 1 is 0.653 bits per heavy atom. The van der Waals surface area contributed by atoms with E-state index >= 15 is 0 Å². The van der Waals surface area contributed by atoms with Gasteiger partial charge in [0.05, 0.1) is 12.1 Å². The molecule has 5 nitrogen and oxygen atoms in total. The molecule has 7 rings (SSSR count). The molecule has 0 saturated heterocycles. The zero-order valence-electron chi connectivity index (χ0n) is 26.8. The highest BCUT2D eigenvalue weighted by Crippen LogP contribution is 2.46. The number of nitrogens with one attached hydrogen (secondary N) is 1. The standard InChI is InChI=1S/C44H30N4O/c1-27(23-45)19-33(25-47)29-11-15-31(16-12-29)43-36-8-3-4-9-37(36)44(32-17-13-30(14-18-32)34(26-48)20-28(2)24-46)40-22-42-38(21-39(40)43)35-7-5-6-10-41(35)49-42/h3-22,25-26,47H,1,48H2,2H3/b28-20+,33-19+,34-26+,47-25?. The first kappa shape index (κ1) is 30.7. The minimum absolute atomic E-state index is 0.295. The number of nitrogens with two attached hydrogens (primary N) is 1. The van der Waals surface area contributed by atoms with E-state index < -0.39 is 0 Å². The van der Waals surface area contributed by atoms with E-state index in [1.54, 1.807) is 19.1 Å². The predicted molar refractivity (Wildman–Crippen MR) is 203 cm³/mol. The fraction of sp³-hybridized carbons (Fsp3) is 0.0227. The molecule has 0 spiro atoms. The van der Waals surface area contributed by atoms with Crippen LogP contribution in [-0.4, -0.2) is 6.21 Å². The lowest BCUT2D eigenvalue weighted by Gasteiger charge is -2.18. The monoisotopic (exact) mass is 630 g/mol. The van der Waals surface area contributed by atoms with Crippen LogP contribution >= 0.6 is 0 Å². The maximum absolute atomic E-state index is 9.32. The van der Waals surface area contributed by atoms with Crippen molar-refractivity contribution in [3.8, 4) is 34.4 Å². The first-order valence-electron chi connectivity index (χ1n) is 15.8. The molecule has 232 valence electrons. The average Bonchev–Trinajstić information content (AvgIpc) is 3.51. The molecule has 0 aliphatic heterocycles. The number of hydrogen-bond acceptors (Lipinski definition) is 5. The van der Waals surface area contributed by atoms with Crippen LogP contribution in [0.2, 0.25) is 0 Å². The zero-order chi connectivity index (χ0) is 34.1. The summed E-state index contributed by atoms with van der Waals surface area (Å²) in [6.45, 7) is 5.52. The number of nitriles is 2. The Kier molecular flexibility index (Phi) is 7.94. The second-order valence-electron chi connectivity index (χ2n) is 11.9. The molecule has 49 heavy (non-hydrogen) atoms. The lowest BCUT2D eigenvalue weighted by atomic mass is 9.85. The molecule has 1 heterocycles. The summed E-state index contributed by atoms with van der Waals surface area (Å²) in [6.07, 6.45) is 6.19. The van der Waals surface area contributed by atoms with Crippen molar-refractivity contribution in [3.05, 3.63) is 156 Å². The van der Waals surface area contributed by atoms with Crippen LogP contribution in [0.25, 0.3) is 76.9 Å². The normalized spacial score (nSPS) is 12.3. The van der Waals surface area contributed by atoms with Crippen LogP contribution in [0.5, 0.6) is 0 Å². The molecule has 0 fully saturated rings. The molecule has 0 aliphatic rings. The first-order valence-corrected chi connectivity index (χ1v) is 15.8. The van der Waals surface area contributed by atoms with Crippen LogP contribution in [-0.2, 0) is 0 Å². The second-order valence-corrected chi connectivity index (χ2v) is 11.9. The van der Waals surface area contributed by atoms with E-state index in [0.29, 0.717) is 16.7 Å². The van der Waals surface area contributed by atoms with Gasteiger partial charge in [-0.2, -0.15) is 10.5 Å². The van der Waals surface area contributed by atoms with E-state index in [1.807, 2.05) is 48.5 Å². The Balaban J connectivity index is 1.52. The molecule has 0 radical (unpaired) electrons. The maximum Gasteiger partial charge on any atom is 0.136 e. The third-order valence-electron chi connectivity index (χ3n) is 8.89. The lowest BCUT2D eigenvalue weighted by Crippen LogP contribution is -1.93. The number of nitrogens with zero attached hydrogens (tertiary/aromatic N) is 2. The van der Waals surface area contributed by atoms with Gasteiger partial charge in [0.25, 0.3) is 0 Å². The molecule has 3 N–H and O–H groups in total. The summed E-state index contributed by atoms with van der Waals surface area (Å²) in [4.78, 5) is 0. The Labute approximate surface area is 283 Å². The van der Waals surface area contributed by atoms with E-state index in [9.17, 15) is 10.5 Å². The number of hydrogen-bond donors (Lipinski definition) is 2. The molecule has 0 amide bonds. The molecule has 1 aromatic heterocycles. The minimum Gasteiger partial charge on any atom is -0.456 e. The number of furan rings is 1. The van der Waals surface area contributed by atoms with Gasteiger partial charge in [-0.1, -0.05) is 97.6 Å². The topological polar surface area (TPSA) is 111 Å². The highest BCUT2D eigenvalue weighted by molar-refractivity contribution is 6.25. The molecule has 0 unspecified atom stereocenters. The molecular weight excluding hydrogens is 601 g/mol. The Morgan fingerprint density at radius 3 is 1.76 bits per heavy atom. The third-order valence-corrected chi connectivity index (χ3v) is 8.89. The second kappa shape index (κ2) is 12.7. The van der Waals surface area contributed by atoms with Crippen molar-refractivity contribution >= 4 is 60.8 Å². The fourth-order valence-corrected chi connectivity index (χ4v) is 6.60. The van der Waals surface area contributed by atoms with Gasteiger partial charge in [-0.15, -0.1) is 0 Å². The van der Waals surface area contributed by atoms with Gasteiger partial charge in [0.15, 0.2) is 0 Å². The third kappa shape index (κ3) is 5.46. The van der Waals surface area contributed by atoms with Gasteiger partial charge in [-0.3, -0.25) is 0 Å². The van der Waals surface area contributed by atoms with Crippen molar-refractivity contribution in [2.45, 2.75) is 6.92 Å². The smallest absolute Gasteiger partial charge is 0.136 e. The van der Waals surface area contributed by atoms with E-state index in [0.717, 1.165) is 82.4 Å². The Hall–Kier alpha value is -6.95. The van der Waals surface area contributed by atoms with Crippen LogP contribution in [0, 0.1) is 28.1 Å². The van der Waals surface area contributed by atoms with Crippen molar-refractivity contribution < 1.29 is 4.42 Å². The number of allylic oxidation sites excluding steroid dienone is 6. The van der Waals surface area contributed by atoms with Crippen LogP contribution in [0.3, 0.4) is 0 Å². The number of rotatable bonds is 7. The van der Waals surface area contributed by atoms with E-state index in [-0.39, 0.29) is 0 Å². The summed E-state index contributed by atoms with van der Waals surface area (Å²) in [5.41, 5.74) is 15.9. The molecule has 6 aromatic carbocycles. The van der Waals surface area contributed by atoms with Crippen LogP contribution in [0.4, 0.5) is 0 Å². The summed E-state index contributed by atoms with van der Waals surface area (Å²) < 4.78 is 6.41. The van der Waals surface area contributed by atoms with E-state index in [2.05, 4.69) is 79.4 Å².